The van der Waals surface area contributed by atoms with E-state index in [9.17, 15) is 0 Å². The highest BCUT2D eigenvalue weighted by Gasteiger charge is 2.31. The van der Waals surface area contributed by atoms with Crippen LogP contribution >= 0.6 is 0 Å². The molecule has 18 heavy (non-hydrogen) atoms. The maximum Gasteiger partial charge on any atom is -0.0277 e. The smallest absolute Gasteiger partial charge is 0.0277 e. The number of hydrogen-bond donors (Lipinski definition) is 0. The molecule has 0 aliphatic carbocycles. The van der Waals surface area contributed by atoms with Crippen LogP contribution in [-0.4, -0.2) is 0 Å². The molecule has 0 bridgehead atoms. The second-order valence-electron chi connectivity index (χ2n) is 6.08. The molecule has 0 radical (unpaired) electrons. The second-order valence-corrected chi connectivity index (χ2v) is 6.08. The summed E-state index contributed by atoms with van der Waals surface area (Å²) in [7, 11) is 0. The average molecular weight is 255 g/mol. The Morgan fingerprint density at radius 2 is 1.17 bits per heavy atom. The van der Waals surface area contributed by atoms with Gasteiger partial charge in [0.05, 0.1) is 0 Å². The summed E-state index contributed by atoms with van der Waals surface area (Å²) in [4.78, 5) is 0. The van der Waals surface area contributed by atoms with Crippen LogP contribution in [0.5, 0.6) is 0 Å². The molecule has 0 aromatic carbocycles. The van der Waals surface area contributed by atoms with E-state index < -0.39 is 0 Å². The second kappa shape index (κ2) is 10.9. The molecular formula is C18H38. The third-order valence-electron chi connectivity index (χ3n) is 5.38. The summed E-state index contributed by atoms with van der Waals surface area (Å²) >= 11 is 0. The van der Waals surface area contributed by atoms with Crippen LogP contribution in [0.3, 0.4) is 0 Å². The van der Waals surface area contributed by atoms with Gasteiger partial charge >= 0.3 is 0 Å². The Balaban J connectivity index is 4.01. The SMILES string of the molecule is CCCCCCCCC(CC)C(CC)(CC)CC. The van der Waals surface area contributed by atoms with Crippen LogP contribution < -0.4 is 0 Å². The van der Waals surface area contributed by atoms with Crippen LogP contribution in [-0.2, 0) is 0 Å². The van der Waals surface area contributed by atoms with Crippen LogP contribution in [0.4, 0.5) is 0 Å². The molecule has 110 valence electrons. The zero-order chi connectivity index (χ0) is 13.9. The molecule has 0 spiro atoms. The van der Waals surface area contributed by atoms with Crippen molar-refractivity contribution in [2.45, 2.75) is 105 Å². The van der Waals surface area contributed by atoms with Gasteiger partial charge in [0.25, 0.3) is 0 Å². The van der Waals surface area contributed by atoms with Gasteiger partial charge in [-0.2, -0.15) is 0 Å². The molecule has 1 atom stereocenters. The molecule has 0 N–H and O–H groups in total. The molecule has 0 heterocycles. The zero-order valence-corrected chi connectivity index (χ0v) is 13.9. The third kappa shape index (κ3) is 5.76. The van der Waals surface area contributed by atoms with Crippen molar-refractivity contribution in [3.8, 4) is 0 Å². The molecule has 0 aromatic rings. The Kier molecular flexibility index (Phi) is 10.9. The van der Waals surface area contributed by atoms with Gasteiger partial charge in [-0.05, 0) is 17.8 Å². The topological polar surface area (TPSA) is 0 Å². The van der Waals surface area contributed by atoms with Crippen molar-refractivity contribution in [3.05, 3.63) is 0 Å². The summed E-state index contributed by atoms with van der Waals surface area (Å²) in [5.74, 6) is 0.962. The van der Waals surface area contributed by atoms with Gasteiger partial charge in [-0.15, -0.1) is 0 Å². The number of rotatable bonds is 12. The molecule has 1 unspecified atom stereocenters. The molecule has 0 heteroatoms. The zero-order valence-electron chi connectivity index (χ0n) is 13.9. The van der Waals surface area contributed by atoms with Crippen LogP contribution in [0, 0.1) is 11.3 Å². The van der Waals surface area contributed by atoms with Gasteiger partial charge in [0.1, 0.15) is 0 Å². The summed E-state index contributed by atoms with van der Waals surface area (Å²) in [6, 6.07) is 0. The minimum absolute atomic E-state index is 0.637. The summed E-state index contributed by atoms with van der Waals surface area (Å²) in [6.07, 6.45) is 15.6. The lowest BCUT2D eigenvalue weighted by atomic mass is 9.66. The normalized spacial score (nSPS) is 13.8. The first-order valence-electron chi connectivity index (χ1n) is 8.70. The van der Waals surface area contributed by atoms with Crippen molar-refractivity contribution in [2.75, 3.05) is 0 Å². The van der Waals surface area contributed by atoms with Crippen LogP contribution in [0.1, 0.15) is 105 Å². The summed E-state index contributed by atoms with van der Waals surface area (Å²) in [5, 5.41) is 0. The van der Waals surface area contributed by atoms with Gasteiger partial charge in [0.2, 0.25) is 0 Å². The number of unbranched alkanes of at least 4 members (excludes halogenated alkanes) is 5. The summed E-state index contributed by atoms with van der Waals surface area (Å²) in [5.41, 5.74) is 0.637. The van der Waals surface area contributed by atoms with Crippen molar-refractivity contribution in [1.29, 1.82) is 0 Å². The van der Waals surface area contributed by atoms with E-state index in [2.05, 4.69) is 34.6 Å². The average Bonchev–Trinajstić information content (AvgIpc) is 2.42. The first-order chi connectivity index (χ1) is 8.70. The summed E-state index contributed by atoms with van der Waals surface area (Å²) < 4.78 is 0. The number of hydrogen-bond acceptors (Lipinski definition) is 0. The van der Waals surface area contributed by atoms with E-state index in [1.807, 2.05) is 0 Å². The lowest BCUT2D eigenvalue weighted by Crippen LogP contribution is -2.28. The fourth-order valence-corrected chi connectivity index (χ4v) is 3.73. The molecule has 0 aromatic heterocycles. The standard InChI is InChI=1S/C18H38/c1-6-11-12-13-14-15-16-17(7-2)18(8-3,9-4)10-5/h17H,6-16H2,1-5H3. The fraction of sp³-hybridized carbons (Fsp3) is 1.00. The van der Waals surface area contributed by atoms with E-state index in [0.717, 1.165) is 5.92 Å². The first-order valence-corrected chi connectivity index (χ1v) is 8.70. The monoisotopic (exact) mass is 254 g/mol. The van der Waals surface area contributed by atoms with Gasteiger partial charge < -0.3 is 0 Å². The van der Waals surface area contributed by atoms with E-state index in [1.54, 1.807) is 0 Å². The van der Waals surface area contributed by atoms with E-state index in [1.165, 1.54) is 70.6 Å². The maximum absolute atomic E-state index is 2.40. The molecule has 0 rings (SSSR count). The van der Waals surface area contributed by atoms with Crippen molar-refractivity contribution in [1.82, 2.24) is 0 Å². The van der Waals surface area contributed by atoms with Crippen LogP contribution in [0.15, 0.2) is 0 Å². The molecule has 0 aliphatic heterocycles. The highest BCUT2D eigenvalue weighted by Crippen LogP contribution is 2.43. The van der Waals surface area contributed by atoms with Crippen molar-refractivity contribution >= 4 is 0 Å². The van der Waals surface area contributed by atoms with E-state index >= 15 is 0 Å². The van der Waals surface area contributed by atoms with Gasteiger partial charge in [0, 0.05) is 0 Å². The Hall–Kier alpha value is 0. The molecule has 0 saturated heterocycles. The Morgan fingerprint density at radius 1 is 0.667 bits per heavy atom. The molecular weight excluding hydrogens is 216 g/mol. The van der Waals surface area contributed by atoms with Gasteiger partial charge in [0.15, 0.2) is 0 Å². The van der Waals surface area contributed by atoms with E-state index in [0.29, 0.717) is 5.41 Å². The summed E-state index contributed by atoms with van der Waals surface area (Å²) in [6.45, 7) is 11.9. The van der Waals surface area contributed by atoms with E-state index in [-0.39, 0.29) is 0 Å². The lowest BCUT2D eigenvalue weighted by Gasteiger charge is -2.39. The quantitative estimate of drug-likeness (QED) is 0.329. The van der Waals surface area contributed by atoms with Crippen LogP contribution in [0.2, 0.25) is 0 Å². The molecule has 0 amide bonds. The highest BCUT2D eigenvalue weighted by atomic mass is 14.4. The highest BCUT2D eigenvalue weighted by molar-refractivity contribution is 4.82. The lowest BCUT2D eigenvalue weighted by molar-refractivity contribution is 0.118. The molecule has 0 saturated carbocycles. The Bertz CT molecular complexity index is 159. The van der Waals surface area contributed by atoms with Crippen molar-refractivity contribution < 1.29 is 0 Å². The minimum atomic E-state index is 0.637. The minimum Gasteiger partial charge on any atom is -0.0654 e. The van der Waals surface area contributed by atoms with Crippen molar-refractivity contribution in [3.63, 3.8) is 0 Å². The van der Waals surface area contributed by atoms with Crippen molar-refractivity contribution in [2.24, 2.45) is 11.3 Å². The largest absolute Gasteiger partial charge is 0.0654 e. The fourth-order valence-electron chi connectivity index (χ4n) is 3.73. The Labute approximate surface area is 117 Å². The molecule has 0 aliphatic rings. The molecule has 0 fully saturated rings. The Morgan fingerprint density at radius 3 is 1.61 bits per heavy atom. The molecule has 0 nitrogen and oxygen atoms in total. The van der Waals surface area contributed by atoms with Crippen LogP contribution in [0.25, 0.3) is 0 Å². The third-order valence-corrected chi connectivity index (χ3v) is 5.38. The predicted octanol–water partition coefficient (Wildman–Crippen LogP) is 6.98. The van der Waals surface area contributed by atoms with Gasteiger partial charge in [-0.1, -0.05) is 98.8 Å². The predicted molar refractivity (Wildman–Crippen MR) is 85.1 cm³/mol. The van der Waals surface area contributed by atoms with Gasteiger partial charge in [-0.25, -0.2) is 0 Å². The van der Waals surface area contributed by atoms with E-state index in [4.69, 9.17) is 0 Å². The maximum atomic E-state index is 2.40. The van der Waals surface area contributed by atoms with Gasteiger partial charge in [-0.3, -0.25) is 0 Å². The first kappa shape index (κ1) is 18.0.